The first-order valence-corrected chi connectivity index (χ1v) is 4.08. The van der Waals surface area contributed by atoms with Crippen LogP contribution in [0.4, 0.5) is 0 Å². The van der Waals surface area contributed by atoms with E-state index in [1.165, 1.54) is 0 Å². The van der Waals surface area contributed by atoms with Crippen LogP contribution in [0.15, 0.2) is 0 Å². The van der Waals surface area contributed by atoms with E-state index in [0.717, 1.165) is 13.0 Å². The molecule has 3 heteroatoms. The van der Waals surface area contributed by atoms with Crippen molar-refractivity contribution < 1.29 is 9.84 Å². The number of rotatable bonds is 2. The molecule has 0 aliphatic carbocycles. The standard InChI is InChI=1S/C8H17NO2/c1-6(11-3)8-7(10)4-5-9(8)2/h6-8,10H,4-5H2,1-3H3/t6-,7-,8+/m0/s1. The number of aliphatic hydroxyl groups excluding tert-OH is 1. The molecule has 0 unspecified atom stereocenters. The molecule has 1 N–H and O–H groups in total. The summed E-state index contributed by atoms with van der Waals surface area (Å²) < 4.78 is 5.17. The molecule has 0 radical (unpaired) electrons. The van der Waals surface area contributed by atoms with Crippen molar-refractivity contribution in [3.05, 3.63) is 0 Å². The van der Waals surface area contributed by atoms with Gasteiger partial charge in [0.2, 0.25) is 0 Å². The molecule has 0 bridgehead atoms. The summed E-state index contributed by atoms with van der Waals surface area (Å²) in [5.74, 6) is 0. The molecule has 0 spiro atoms. The van der Waals surface area contributed by atoms with Crippen LogP contribution >= 0.6 is 0 Å². The van der Waals surface area contributed by atoms with E-state index in [1.54, 1.807) is 7.11 Å². The predicted octanol–water partition coefficient (Wildman–Crippen LogP) is 0.0863. The van der Waals surface area contributed by atoms with Crippen LogP contribution in [0.1, 0.15) is 13.3 Å². The molecule has 1 saturated heterocycles. The van der Waals surface area contributed by atoms with Crippen LogP contribution in [-0.4, -0.2) is 49.0 Å². The van der Waals surface area contributed by atoms with Crippen LogP contribution in [-0.2, 0) is 4.74 Å². The fraction of sp³-hybridized carbons (Fsp3) is 1.00. The molecular weight excluding hydrogens is 142 g/mol. The summed E-state index contributed by atoms with van der Waals surface area (Å²) in [6.07, 6.45) is 0.780. The second-order valence-electron chi connectivity index (χ2n) is 3.27. The molecule has 0 aromatic rings. The van der Waals surface area contributed by atoms with E-state index >= 15 is 0 Å². The summed E-state index contributed by atoms with van der Waals surface area (Å²) >= 11 is 0. The lowest BCUT2D eigenvalue weighted by Gasteiger charge is -2.27. The quantitative estimate of drug-likeness (QED) is 0.619. The average molecular weight is 159 g/mol. The third kappa shape index (κ3) is 1.72. The summed E-state index contributed by atoms with van der Waals surface area (Å²) in [5.41, 5.74) is 0. The number of methoxy groups -OCH3 is 1. The van der Waals surface area contributed by atoms with Crippen molar-refractivity contribution >= 4 is 0 Å². The first-order chi connectivity index (χ1) is 5.16. The number of ether oxygens (including phenoxy) is 1. The van der Waals surface area contributed by atoms with Crippen LogP contribution in [0.25, 0.3) is 0 Å². The largest absolute Gasteiger partial charge is 0.391 e. The van der Waals surface area contributed by atoms with Crippen LogP contribution in [0.3, 0.4) is 0 Å². The van der Waals surface area contributed by atoms with Gasteiger partial charge in [0.05, 0.1) is 18.2 Å². The summed E-state index contributed by atoms with van der Waals surface area (Å²) in [6, 6.07) is 0.181. The highest BCUT2D eigenvalue weighted by Gasteiger charge is 2.34. The van der Waals surface area contributed by atoms with Gasteiger partial charge in [-0.2, -0.15) is 0 Å². The molecule has 3 nitrogen and oxygen atoms in total. The van der Waals surface area contributed by atoms with Crippen molar-refractivity contribution in [1.82, 2.24) is 4.90 Å². The lowest BCUT2D eigenvalue weighted by atomic mass is 10.1. The molecule has 11 heavy (non-hydrogen) atoms. The van der Waals surface area contributed by atoms with E-state index in [1.807, 2.05) is 14.0 Å². The minimum absolute atomic E-state index is 0.123. The molecule has 1 aliphatic heterocycles. The first-order valence-electron chi connectivity index (χ1n) is 4.08. The summed E-state index contributed by atoms with van der Waals surface area (Å²) in [7, 11) is 3.71. The third-order valence-corrected chi connectivity index (χ3v) is 2.53. The van der Waals surface area contributed by atoms with Crippen molar-refractivity contribution in [1.29, 1.82) is 0 Å². The minimum Gasteiger partial charge on any atom is -0.391 e. The number of aliphatic hydroxyl groups is 1. The number of hydrogen-bond acceptors (Lipinski definition) is 3. The normalized spacial score (nSPS) is 36.0. The molecule has 3 atom stereocenters. The van der Waals surface area contributed by atoms with Crippen molar-refractivity contribution in [2.24, 2.45) is 0 Å². The molecule has 66 valence electrons. The van der Waals surface area contributed by atoms with Gasteiger partial charge in [0, 0.05) is 13.7 Å². The Balaban J connectivity index is 2.53. The van der Waals surface area contributed by atoms with E-state index < -0.39 is 0 Å². The summed E-state index contributed by atoms with van der Waals surface area (Å²) in [4.78, 5) is 2.15. The fourth-order valence-electron chi connectivity index (χ4n) is 1.76. The third-order valence-electron chi connectivity index (χ3n) is 2.53. The maximum absolute atomic E-state index is 9.54. The smallest absolute Gasteiger partial charge is 0.0732 e. The van der Waals surface area contributed by atoms with Crippen molar-refractivity contribution in [2.45, 2.75) is 31.6 Å². The van der Waals surface area contributed by atoms with Crippen molar-refractivity contribution in [3.63, 3.8) is 0 Å². The Morgan fingerprint density at radius 2 is 2.27 bits per heavy atom. The molecule has 0 amide bonds. The van der Waals surface area contributed by atoms with Gasteiger partial charge < -0.3 is 9.84 Å². The van der Waals surface area contributed by atoms with Crippen molar-refractivity contribution in [2.75, 3.05) is 20.7 Å². The second-order valence-corrected chi connectivity index (χ2v) is 3.27. The van der Waals surface area contributed by atoms with Gasteiger partial charge in [-0.05, 0) is 20.4 Å². The molecule has 1 heterocycles. The van der Waals surface area contributed by atoms with E-state index in [2.05, 4.69) is 4.90 Å². The van der Waals surface area contributed by atoms with Crippen LogP contribution in [0, 0.1) is 0 Å². The average Bonchev–Trinajstić information content (AvgIpc) is 2.30. The van der Waals surface area contributed by atoms with Gasteiger partial charge in [-0.15, -0.1) is 0 Å². The number of likely N-dealkylation sites (N-methyl/N-ethyl adjacent to an activating group) is 1. The second kappa shape index (κ2) is 3.52. The Morgan fingerprint density at radius 1 is 1.64 bits per heavy atom. The monoisotopic (exact) mass is 159 g/mol. The summed E-state index contributed by atoms with van der Waals surface area (Å²) in [5, 5.41) is 9.54. The van der Waals surface area contributed by atoms with Gasteiger partial charge in [-0.1, -0.05) is 0 Å². The van der Waals surface area contributed by atoms with Gasteiger partial charge in [-0.25, -0.2) is 0 Å². The maximum atomic E-state index is 9.54. The molecule has 1 aliphatic rings. The summed E-state index contributed by atoms with van der Waals surface area (Å²) in [6.45, 7) is 2.97. The van der Waals surface area contributed by atoms with E-state index in [0.29, 0.717) is 0 Å². The van der Waals surface area contributed by atoms with Gasteiger partial charge in [0.25, 0.3) is 0 Å². The highest BCUT2D eigenvalue weighted by molar-refractivity contribution is 4.88. The van der Waals surface area contributed by atoms with E-state index in [9.17, 15) is 5.11 Å². The number of hydrogen-bond donors (Lipinski definition) is 1. The molecule has 0 aromatic carbocycles. The molecule has 1 fully saturated rings. The van der Waals surface area contributed by atoms with Gasteiger partial charge in [0.15, 0.2) is 0 Å². The van der Waals surface area contributed by atoms with Crippen molar-refractivity contribution in [3.8, 4) is 0 Å². The number of likely N-dealkylation sites (tertiary alicyclic amines) is 1. The Kier molecular flexibility index (Phi) is 2.87. The topological polar surface area (TPSA) is 32.7 Å². The van der Waals surface area contributed by atoms with Crippen LogP contribution < -0.4 is 0 Å². The number of nitrogens with zero attached hydrogens (tertiary/aromatic N) is 1. The maximum Gasteiger partial charge on any atom is 0.0732 e. The zero-order chi connectivity index (χ0) is 8.43. The zero-order valence-corrected chi connectivity index (χ0v) is 7.45. The SMILES string of the molecule is CO[C@@H](C)[C@@H]1[C@@H](O)CCN1C. The molecule has 1 rings (SSSR count). The Morgan fingerprint density at radius 3 is 2.64 bits per heavy atom. The van der Waals surface area contributed by atoms with Crippen LogP contribution in [0.5, 0.6) is 0 Å². The molecular formula is C8H17NO2. The minimum atomic E-state index is -0.213. The van der Waals surface area contributed by atoms with Gasteiger partial charge >= 0.3 is 0 Å². The highest BCUT2D eigenvalue weighted by atomic mass is 16.5. The molecule has 0 aromatic heterocycles. The lowest BCUT2D eigenvalue weighted by Crippen LogP contribution is -2.42. The Labute approximate surface area is 68.0 Å². The van der Waals surface area contributed by atoms with Gasteiger partial charge in [-0.3, -0.25) is 4.90 Å². The van der Waals surface area contributed by atoms with Gasteiger partial charge in [0.1, 0.15) is 0 Å². The first kappa shape index (κ1) is 8.97. The van der Waals surface area contributed by atoms with E-state index in [-0.39, 0.29) is 18.2 Å². The highest BCUT2D eigenvalue weighted by Crippen LogP contribution is 2.19. The molecule has 0 saturated carbocycles. The Bertz CT molecular complexity index is 119. The fourth-order valence-corrected chi connectivity index (χ4v) is 1.76. The lowest BCUT2D eigenvalue weighted by molar-refractivity contribution is 0.00586. The van der Waals surface area contributed by atoms with Crippen LogP contribution in [0.2, 0.25) is 0 Å². The zero-order valence-electron chi connectivity index (χ0n) is 7.45. The predicted molar refractivity (Wildman–Crippen MR) is 43.5 cm³/mol. The van der Waals surface area contributed by atoms with E-state index in [4.69, 9.17) is 4.74 Å². The Hall–Kier alpha value is -0.120.